The van der Waals surface area contributed by atoms with Crippen molar-refractivity contribution >= 4 is 11.6 Å². The van der Waals surface area contributed by atoms with Gasteiger partial charge in [-0.15, -0.1) is 0 Å². The lowest BCUT2D eigenvalue weighted by Crippen LogP contribution is -2.46. The quantitative estimate of drug-likeness (QED) is 0.906. The Morgan fingerprint density at radius 2 is 1.94 bits per heavy atom. The van der Waals surface area contributed by atoms with E-state index < -0.39 is 0 Å². The van der Waals surface area contributed by atoms with E-state index >= 15 is 0 Å². The van der Waals surface area contributed by atoms with Crippen molar-refractivity contribution in [1.82, 2.24) is 4.90 Å². The summed E-state index contributed by atoms with van der Waals surface area (Å²) in [6, 6.07) is 9.19. The van der Waals surface area contributed by atoms with Crippen LogP contribution < -0.4 is 5.73 Å². The first-order valence-corrected chi connectivity index (χ1v) is 7.24. The van der Waals surface area contributed by atoms with Crippen LogP contribution in [0.1, 0.15) is 44.7 Å². The van der Waals surface area contributed by atoms with Crippen molar-refractivity contribution in [2.75, 3.05) is 6.54 Å². The summed E-state index contributed by atoms with van der Waals surface area (Å²) in [7, 11) is 0. The number of benzene rings is 1. The molecule has 2 nitrogen and oxygen atoms in total. The highest BCUT2D eigenvalue weighted by Crippen LogP contribution is 2.30. The number of hydrogen-bond donors (Lipinski definition) is 1. The predicted octanol–water partition coefficient (Wildman–Crippen LogP) is 3.60. The Bertz CT molecular complexity index is 375. The van der Waals surface area contributed by atoms with E-state index in [1.165, 1.54) is 24.8 Å². The summed E-state index contributed by atoms with van der Waals surface area (Å²) in [4.78, 5) is 2.55. The molecule has 0 amide bonds. The van der Waals surface area contributed by atoms with E-state index in [1.54, 1.807) is 0 Å². The van der Waals surface area contributed by atoms with E-state index in [4.69, 9.17) is 17.3 Å². The fraction of sp³-hybridized carbons (Fsp3) is 0.600. The largest absolute Gasteiger partial charge is 0.326 e. The number of nitrogens with two attached hydrogens (primary N) is 1. The summed E-state index contributed by atoms with van der Waals surface area (Å²) in [6.45, 7) is 5.56. The number of halogens is 1. The van der Waals surface area contributed by atoms with E-state index in [2.05, 4.69) is 30.9 Å². The van der Waals surface area contributed by atoms with Crippen molar-refractivity contribution in [2.24, 2.45) is 5.73 Å². The molecule has 0 aliphatic carbocycles. The minimum atomic E-state index is 0.131. The van der Waals surface area contributed by atoms with Crippen molar-refractivity contribution in [2.45, 2.75) is 51.2 Å². The van der Waals surface area contributed by atoms with Crippen LogP contribution in [0.25, 0.3) is 0 Å². The highest BCUT2D eigenvalue weighted by Gasteiger charge is 2.29. The molecule has 0 bridgehead atoms. The minimum Gasteiger partial charge on any atom is -0.326 e. The topological polar surface area (TPSA) is 29.3 Å². The number of likely N-dealkylation sites (tertiary alicyclic amines) is 1. The lowest BCUT2D eigenvalue weighted by molar-refractivity contribution is 0.0923. The van der Waals surface area contributed by atoms with E-state index in [9.17, 15) is 0 Å². The highest BCUT2D eigenvalue weighted by molar-refractivity contribution is 6.30. The smallest absolute Gasteiger partial charge is 0.0499 e. The number of nitrogens with zero attached hydrogens (tertiary/aromatic N) is 1. The molecule has 1 aromatic rings. The fourth-order valence-corrected chi connectivity index (χ4v) is 3.12. The predicted molar refractivity (Wildman–Crippen MR) is 77.9 cm³/mol. The zero-order chi connectivity index (χ0) is 13.1. The fourth-order valence-electron chi connectivity index (χ4n) is 2.99. The van der Waals surface area contributed by atoms with Gasteiger partial charge in [-0.25, -0.2) is 0 Å². The molecular formula is C15H23ClN2. The molecule has 0 radical (unpaired) electrons. The number of hydrogen-bond acceptors (Lipinski definition) is 2. The van der Waals surface area contributed by atoms with Crippen LogP contribution >= 0.6 is 11.6 Å². The van der Waals surface area contributed by atoms with Crippen LogP contribution in [-0.2, 0) is 0 Å². The van der Waals surface area contributed by atoms with Crippen molar-refractivity contribution in [1.29, 1.82) is 0 Å². The maximum atomic E-state index is 6.23. The maximum Gasteiger partial charge on any atom is 0.0499 e. The van der Waals surface area contributed by atoms with Crippen molar-refractivity contribution in [3.05, 3.63) is 34.9 Å². The van der Waals surface area contributed by atoms with Gasteiger partial charge >= 0.3 is 0 Å². The number of piperidine rings is 1. The van der Waals surface area contributed by atoms with Gasteiger partial charge in [-0.1, -0.05) is 30.2 Å². The molecule has 2 rings (SSSR count). The van der Waals surface area contributed by atoms with Gasteiger partial charge in [-0.3, -0.25) is 4.90 Å². The maximum absolute atomic E-state index is 6.23. The molecular weight excluding hydrogens is 244 g/mol. The van der Waals surface area contributed by atoms with Gasteiger partial charge in [-0.2, -0.15) is 0 Å². The Kier molecular flexibility index (Phi) is 4.66. The molecule has 1 saturated heterocycles. The summed E-state index contributed by atoms with van der Waals surface area (Å²) >= 11 is 5.97. The lowest BCUT2D eigenvalue weighted by atomic mass is 9.93. The van der Waals surface area contributed by atoms with Crippen molar-refractivity contribution in [3.63, 3.8) is 0 Å². The third-order valence-electron chi connectivity index (χ3n) is 3.92. The molecule has 1 aliphatic rings. The van der Waals surface area contributed by atoms with Crippen LogP contribution in [0, 0.1) is 0 Å². The first-order valence-electron chi connectivity index (χ1n) is 6.86. The Balaban J connectivity index is 2.24. The molecule has 0 aromatic heterocycles. The Morgan fingerprint density at radius 3 is 2.50 bits per heavy atom. The second-order valence-corrected chi connectivity index (χ2v) is 5.87. The monoisotopic (exact) mass is 266 g/mol. The minimum absolute atomic E-state index is 0.131. The highest BCUT2D eigenvalue weighted by atomic mass is 35.5. The molecule has 1 aliphatic heterocycles. The van der Waals surface area contributed by atoms with Crippen LogP contribution in [0.2, 0.25) is 5.02 Å². The van der Waals surface area contributed by atoms with Crippen LogP contribution in [-0.4, -0.2) is 23.5 Å². The molecule has 0 spiro atoms. The normalized spacial score (nSPS) is 24.8. The van der Waals surface area contributed by atoms with Gasteiger partial charge in [-0.05, 0) is 50.9 Å². The zero-order valence-corrected chi connectivity index (χ0v) is 12.0. The molecule has 3 unspecified atom stereocenters. The first kappa shape index (κ1) is 13.9. The molecule has 100 valence electrons. The van der Waals surface area contributed by atoms with E-state index in [-0.39, 0.29) is 6.04 Å². The van der Waals surface area contributed by atoms with Gasteiger partial charge in [0.15, 0.2) is 0 Å². The molecule has 1 aromatic carbocycles. The third-order valence-corrected chi connectivity index (χ3v) is 4.17. The number of rotatable bonds is 3. The van der Waals surface area contributed by atoms with Gasteiger partial charge in [0.1, 0.15) is 0 Å². The second-order valence-electron chi connectivity index (χ2n) is 5.44. The summed E-state index contributed by atoms with van der Waals surface area (Å²) in [5.74, 6) is 0. The summed E-state index contributed by atoms with van der Waals surface area (Å²) < 4.78 is 0. The van der Waals surface area contributed by atoms with E-state index in [0.717, 1.165) is 11.6 Å². The molecule has 2 N–H and O–H groups in total. The van der Waals surface area contributed by atoms with Gasteiger partial charge in [0, 0.05) is 23.1 Å². The zero-order valence-electron chi connectivity index (χ0n) is 11.3. The summed E-state index contributed by atoms with van der Waals surface area (Å²) in [6.07, 6.45) is 3.89. The van der Waals surface area contributed by atoms with Gasteiger partial charge in [0.05, 0.1) is 0 Å². The van der Waals surface area contributed by atoms with Crippen LogP contribution in [0.15, 0.2) is 24.3 Å². The second kappa shape index (κ2) is 6.05. The van der Waals surface area contributed by atoms with Crippen LogP contribution in [0.4, 0.5) is 0 Å². The summed E-state index contributed by atoms with van der Waals surface area (Å²) in [5.41, 5.74) is 7.51. The molecule has 1 heterocycles. The molecule has 3 atom stereocenters. The van der Waals surface area contributed by atoms with Crippen LogP contribution in [0.3, 0.4) is 0 Å². The SMILES string of the molecule is CC(N)C(c1ccc(Cl)cc1)N1CCCCC1C. The molecule has 0 saturated carbocycles. The standard InChI is InChI=1S/C15H23ClN2/c1-11-5-3-4-10-18(11)15(12(2)17)13-6-8-14(16)9-7-13/h6-9,11-12,15H,3-5,10,17H2,1-2H3. The lowest BCUT2D eigenvalue weighted by Gasteiger charge is -2.41. The first-order chi connectivity index (χ1) is 8.59. The Labute approximate surface area is 115 Å². The average Bonchev–Trinajstić information content (AvgIpc) is 2.34. The molecule has 18 heavy (non-hydrogen) atoms. The van der Waals surface area contributed by atoms with Gasteiger partial charge in [0.2, 0.25) is 0 Å². The van der Waals surface area contributed by atoms with Crippen LogP contribution in [0.5, 0.6) is 0 Å². The van der Waals surface area contributed by atoms with Gasteiger partial charge in [0.25, 0.3) is 0 Å². The van der Waals surface area contributed by atoms with Crippen molar-refractivity contribution < 1.29 is 0 Å². The Hall–Kier alpha value is -0.570. The van der Waals surface area contributed by atoms with E-state index in [0.29, 0.717) is 12.1 Å². The summed E-state index contributed by atoms with van der Waals surface area (Å²) in [5, 5.41) is 0.786. The Morgan fingerprint density at radius 1 is 1.28 bits per heavy atom. The van der Waals surface area contributed by atoms with Gasteiger partial charge < -0.3 is 5.73 Å². The average molecular weight is 267 g/mol. The van der Waals surface area contributed by atoms with Crippen molar-refractivity contribution in [3.8, 4) is 0 Å². The third kappa shape index (κ3) is 3.05. The molecule has 1 fully saturated rings. The van der Waals surface area contributed by atoms with E-state index in [1.807, 2.05) is 12.1 Å². The molecule has 3 heteroatoms.